The molecule has 0 bridgehead atoms. The Balaban J connectivity index is 2.45. The molecule has 0 saturated heterocycles. The zero-order valence-electron chi connectivity index (χ0n) is 10.1. The SMILES string of the molecule is CC(N)c1cccc(-c2cccc(C(=O)O)c2)c1. The number of rotatable bonds is 3. The number of aromatic carboxylic acids is 1. The van der Waals surface area contributed by atoms with Crippen LogP contribution in [0.4, 0.5) is 0 Å². The van der Waals surface area contributed by atoms with Crippen molar-refractivity contribution < 1.29 is 9.90 Å². The van der Waals surface area contributed by atoms with Crippen molar-refractivity contribution in [1.29, 1.82) is 0 Å². The van der Waals surface area contributed by atoms with Gasteiger partial charge in [-0.1, -0.05) is 30.3 Å². The van der Waals surface area contributed by atoms with Gasteiger partial charge in [0.05, 0.1) is 5.56 Å². The number of carbonyl (C=O) groups is 1. The number of hydrogen-bond donors (Lipinski definition) is 2. The molecule has 0 radical (unpaired) electrons. The minimum atomic E-state index is -0.916. The lowest BCUT2D eigenvalue weighted by molar-refractivity contribution is 0.0697. The minimum absolute atomic E-state index is 0.0346. The van der Waals surface area contributed by atoms with Crippen LogP contribution in [0.3, 0.4) is 0 Å². The molecule has 0 saturated carbocycles. The maximum absolute atomic E-state index is 10.9. The molecule has 2 aromatic rings. The van der Waals surface area contributed by atoms with Gasteiger partial charge in [-0.15, -0.1) is 0 Å². The van der Waals surface area contributed by atoms with Crippen molar-refractivity contribution in [1.82, 2.24) is 0 Å². The molecule has 0 aliphatic heterocycles. The van der Waals surface area contributed by atoms with Gasteiger partial charge in [-0.3, -0.25) is 0 Å². The smallest absolute Gasteiger partial charge is 0.335 e. The van der Waals surface area contributed by atoms with Gasteiger partial charge in [0.25, 0.3) is 0 Å². The lowest BCUT2D eigenvalue weighted by Gasteiger charge is -2.08. The van der Waals surface area contributed by atoms with Crippen LogP contribution >= 0.6 is 0 Å². The van der Waals surface area contributed by atoms with Crippen molar-refractivity contribution in [2.75, 3.05) is 0 Å². The predicted octanol–water partition coefficient (Wildman–Crippen LogP) is 3.07. The summed E-state index contributed by atoms with van der Waals surface area (Å²) in [7, 11) is 0. The zero-order chi connectivity index (χ0) is 13.1. The first kappa shape index (κ1) is 12.3. The molecular formula is C15H15NO2. The third-order valence-electron chi connectivity index (χ3n) is 2.86. The lowest BCUT2D eigenvalue weighted by Crippen LogP contribution is -2.04. The second-order valence-corrected chi connectivity index (χ2v) is 4.30. The van der Waals surface area contributed by atoms with Gasteiger partial charge in [-0.2, -0.15) is 0 Å². The van der Waals surface area contributed by atoms with Gasteiger partial charge in [0.2, 0.25) is 0 Å². The molecule has 92 valence electrons. The van der Waals surface area contributed by atoms with Crippen LogP contribution in [0.1, 0.15) is 28.9 Å². The van der Waals surface area contributed by atoms with Crippen LogP contribution < -0.4 is 5.73 Å². The molecule has 0 amide bonds. The average molecular weight is 241 g/mol. The Morgan fingerprint density at radius 1 is 1.11 bits per heavy atom. The van der Waals surface area contributed by atoms with Gasteiger partial charge in [-0.25, -0.2) is 4.79 Å². The van der Waals surface area contributed by atoms with Crippen LogP contribution in [0.5, 0.6) is 0 Å². The van der Waals surface area contributed by atoms with E-state index in [4.69, 9.17) is 10.8 Å². The topological polar surface area (TPSA) is 63.3 Å². The summed E-state index contributed by atoms with van der Waals surface area (Å²) in [6.07, 6.45) is 0. The Kier molecular flexibility index (Phi) is 3.44. The van der Waals surface area contributed by atoms with Gasteiger partial charge in [0, 0.05) is 6.04 Å². The Bertz CT molecular complexity index is 576. The van der Waals surface area contributed by atoms with E-state index in [1.165, 1.54) is 0 Å². The van der Waals surface area contributed by atoms with Crippen molar-refractivity contribution in [3.05, 3.63) is 59.7 Å². The van der Waals surface area contributed by atoms with Crippen molar-refractivity contribution in [3.63, 3.8) is 0 Å². The molecule has 18 heavy (non-hydrogen) atoms. The minimum Gasteiger partial charge on any atom is -0.478 e. The zero-order valence-corrected chi connectivity index (χ0v) is 10.1. The van der Waals surface area contributed by atoms with Crippen LogP contribution in [0.25, 0.3) is 11.1 Å². The number of nitrogens with two attached hydrogens (primary N) is 1. The predicted molar refractivity (Wildman–Crippen MR) is 71.4 cm³/mol. The lowest BCUT2D eigenvalue weighted by atomic mass is 9.99. The highest BCUT2D eigenvalue weighted by molar-refractivity contribution is 5.89. The number of hydrogen-bond acceptors (Lipinski definition) is 2. The van der Waals surface area contributed by atoms with Crippen LogP contribution in [0.2, 0.25) is 0 Å². The third-order valence-corrected chi connectivity index (χ3v) is 2.86. The van der Waals surface area contributed by atoms with Crippen LogP contribution in [0.15, 0.2) is 48.5 Å². The van der Waals surface area contributed by atoms with Gasteiger partial charge in [-0.05, 0) is 41.8 Å². The maximum Gasteiger partial charge on any atom is 0.335 e. The summed E-state index contributed by atoms with van der Waals surface area (Å²) in [4.78, 5) is 10.9. The van der Waals surface area contributed by atoms with Crippen LogP contribution in [0, 0.1) is 0 Å². The summed E-state index contributed by atoms with van der Waals surface area (Å²) in [5.41, 5.74) is 9.04. The average Bonchev–Trinajstić information content (AvgIpc) is 2.39. The van der Waals surface area contributed by atoms with Crippen LogP contribution in [-0.4, -0.2) is 11.1 Å². The van der Waals surface area contributed by atoms with E-state index >= 15 is 0 Å². The highest BCUT2D eigenvalue weighted by Gasteiger charge is 2.06. The summed E-state index contributed by atoms with van der Waals surface area (Å²) in [5, 5.41) is 8.98. The largest absolute Gasteiger partial charge is 0.478 e. The first-order valence-electron chi connectivity index (χ1n) is 5.77. The summed E-state index contributed by atoms with van der Waals surface area (Å²) in [5.74, 6) is -0.916. The molecule has 0 heterocycles. The van der Waals surface area contributed by atoms with E-state index in [9.17, 15) is 4.79 Å². The van der Waals surface area contributed by atoms with Crippen molar-refractivity contribution in [3.8, 4) is 11.1 Å². The molecule has 1 atom stereocenters. The number of benzene rings is 2. The van der Waals surface area contributed by atoms with E-state index in [0.29, 0.717) is 5.56 Å². The van der Waals surface area contributed by atoms with E-state index in [1.807, 2.05) is 37.3 Å². The molecule has 3 heteroatoms. The highest BCUT2D eigenvalue weighted by Crippen LogP contribution is 2.23. The first-order valence-corrected chi connectivity index (χ1v) is 5.77. The molecule has 2 rings (SSSR count). The molecule has 0 fully saturated rings. The molecule has 3 N–H and O–H groups in total. The second kappa shape index (κ2) is 5.02. The van der Waals surface area contributed by atoms with Crippen LogP contribution in [-0.2, 0) is 0 Å². The second-order valence-electron chi connectivity index (χ2n) is 4.30. The van der Waals surface area contributed by atoms with E-state index in [0.717, 1.165) is 16.7 Å². The molecule has 0 aliphatic carbocycles. The number of carboxylic acids is 1. The van der Waals surface area contributed by atoms with Gasteiger partial charge in [0.1, 0.15) is 0 Å². The quantitative estimate of drug-likeness (QED) is 0.868. The Morgan fingerprint density at radius 2 is 1.72 bits per heavy atom. The summed E-state index contributed by atoms with van der Waals surface area (Å²) >= 11 is 0. The molecular weight excluding hydrogens is 226 g/mol. The molecule has 3 nitrogen and oxygen atoms in total. The van der Waals surface area contributed by atoms with E-state index < -0.39 is 5.97 Å². The summed E-state index contributed by atoms with van der Waals surface area (Å²) in [6.45, 7) is 1.92. The third kappa shape index (κ3) is 2.57. The van der Waals surface area contributed by atoms with E-state index in [2.05, 4.69) is 0 Å². The summed E-state index contributed by atoms with van der Waals surface area (Å²) < 4.78 is 0. The Morgan fingerprint density at radius 3 is 2.33 bits per heavy atom. The molecule has 0 aliphatic rings. The van der Waals surface area contributed by atoms with Gasteiger partial charge < -0.3 is 10.8 Å². The fraction of sp³-hybridized carbons (Fsp3) is 0.133. The molecule has 0 aromatic heterocycles. The van der Waals surface area contributed by atoms with Crippen molar-refractivity contribution in [2.24, 2.45) is 5.73 Å². The summed E-state index contributed by atoms with van der Waals surface area (Å²) in [6, 6.07) is 14.7. The first-order chi connectivity index (χ1) is 8.58. The van der Waals surface area contributed by atoms with E-state index in [-0.39, 0.29) is 6.04 Å². The van der Waals surface area contributed by atoms with Gasteiger partial charge in [0.15, 0.2) is 0 Å². The highest BCUT2D eigenvalue weighted by atomic mass is 16.4. The Hall–Kier alpha value is -2.13. The fourth-order valence-electron chi connectivity index (χ4n) is 1.83. The van der Waals surface area contributed by atoms with E-state index in [1.54, 1.807) is 18.2 Å². The standard InChI is InChI=1S/C15H15NO2/c1-10(16)11-4-2-5-12(8-11)13-6-3-7-14(9-13)15(17)18/h2-10H,16H2,1H3,(H,17,18). The normalized spacial score (nSPS) is 12.1. The monoisotopic (exact) mass is 241 g/mol. The van der Waals surface area contributed by atoms with Crippen molar-refractivity contribution in [2.45, 2.75) is 13.0 Å². The number of carboxylic acid groups (broad SMARTS) is 1. The molecule has 2 aromatic carbocycles. The molecule has 1 unspecified atom stereocenters. The van der Waals surface area contributed by atoms with Gasteiger partial charge >= 0.3 is 5.97 Å². The molecule has 0 spiro atoms. The Labute approximate surface area is 106 Å². The van der Waals surface area contributed by atoms with Crippen molar-refractivity contribution >= 4 is 5.97 Å². The fourth-order valence-corrected chi connectivity index (χ4v) is 1.83. The maximum atomic E-state index is 10.9.